The van der Waals surface area contributed by atoms with Crippen LogP contribution in [0.15, 0.2) is 0 Å². The van der Waals surface area contributed by atoms with Crippen LogP contribution >= 0.6 is 47.2 Å². The lowest BCUT2D eigenvalue weighted by Gasteiger charge is -2.13. The Bertz CT molecular complexity index is 357. The van der Waals surface area contributed by atoms with E-state index in [4.69, 9.17) is 35.4 Å². The molecule has 0 spiro atoms. The topological polar surface area (TPSA) is 37.4 Å². The Kier molecular flexibility index (Phi) is 3.50. The maximum atomic E-state index is 11.4. The fraction of sp³-hybridized carbons (Fsp3) is 0.667. The third-order valence-corrected chi connectivity index (χ3v) is 5.06. The average molecular weight is 298 g/mol. The van der Waals surface area contributed by atoms with Crippen LogP contribution in [0.2, 0.25) is 0 Å². The number of carbonyl (C=O) groups excluding carboxylic acids is 2. The van der Waals surface area contributed by atoms with Crippen molar-refractivity contribution in [3.63, 3.8) is 0 Å². The number of amides is 2. The SMILES string of the molecule is O=C1CCC(=O)N1C(=S)SC[C@H]1CC1(Cl)Cl. The molecule has 1 saturated heterocycles. The van der Waals surface area contributed by atoms with Crippen molar-refractivity contribution in [2.24, 2.45) is 5.92 Å². The van der Waals surface area contributed by atoms with Crippen LogP contribution < -0.4 is 0 Å². The number of carbonyl (C=O) groups is 2. The van der Waals surface area contributed by atoms with Gasteiger partial charge in [-0.25, -0.2) is 4.90 Å². The van der Waals surface area contributed by atoms with Gasteiger partial charge in [0.1, 0.15) is 8.65 Å². The molecular weight excluding hydrogens is 289 g/mol. The van der Waals surface area contributed by atoms with E-state index in [0.717, 1.165) is 11.3 Å². The second-order valence-electron chi connectivity index (χ2n) is 3.86. The summed E-state index contributed by atoms with van der Waals surface area (Å²) in [5, 5.41) is 0. The molecule has 3 nitrogen and oxygen atoms in total. The Hall–Kier alpha value is 0.160. The Balaban J connectivity index is 1.84. The number of hydrogen-bond donors (Lipinski definition) is 0. The van der Waals surface area contributed by atoms with E-state index in [1.54, 1.807) is 0 Å². The summed E-state index contributed by atoms with van der Waals surface area (Å²) in [6.45, 7) is 0. The molecule has 1 saturated carbocycles. The van der Waals surface area contributed by atoms with Gasteiger partial charge in [0.15, 0.2) is 0 Å². The van der Waals surface area contributed by atoms with Gasteiger partial charge in [0.05, 0.1) is 0 Å². The molecule has 1 aliphatic heterocycles. The van der Waals surface area contributed by atoms with E-state index < -0.39 is 4.33 Å². The minimum absolute atomic E-state index is 0.201. The third-order valence-electron chi connectivity index (χ3n) is 2.60. The van der Waals surface area contributed by atoms with Crippen LogP contribution in [0.1, 0.15) is 19.3 Å². The smallest absolute Gasteiger partial charge is 0.235 e. The van der Waals surface area contributed by atoms with Crippen molar-refractivity contribution >= 4 is 63.3 Å². The molecular formula is C9H9Cl2NO2S2. The molecule has 0 radical (unpaired) electrons. The van der Waals surface area contributed by atoms with E-state index in [0.29, 0.717) is 10.1 Å². The largest absolute Gasteiger partial charge is 0.274 e. The van der Waals surface area contributed by atoms with E-state index in [-0.39, 0.29) is 30.6 Å². The van der Waals surface area contributed by atoms with Gasteiger partial charge in [-0.2, -0.15) is 0 Å². The number of likely N-dealkylation sites (tertiary alicyclic amines) is 1. The maximum Gasteiger partial charge on any atom is 0.235 e. The minimum Gasteiger partial charge on any atom is -0.274 e. The molecule has 1 aliphatic carbocycles. The lowest BCUT2D eigenvalue weighted by atomic mass is 10.4. The average Bonchev–Trinajstić information content (AvgIpc) is 2.66. The summed E-state index contributed by atoms with van der Waals surface area (Å²) in [6, 6.07) is 0. The van der Waals surface area contributed by atoms with E-state index in [9.17, 15) is 9.59 Å². The number of thioether (sulfide) groups is 1. The van der Waals surface area contributed by atoms with Crippen LogP contribution in [0.25, 0.3) is 0 Å². The van der Waals surface area contributed by atoms with Crippen molar-refractivity contribution in [3.05, 3.63) is 0 Å². The predicted octanol–water partition coefficient (Wildman–Crippen LogP) is 2.35. The molecule has 0 unspecified atom stereocenters. The molecule has 0 bridgehead atoms. The van der Waals surface area contributed by atoms with Crippen LogP contribution in [-0.2, 0) is 9.59 Å². The second-order valence-corrected chi connectivity index (χ2v) is 7.06. The fourth-order valence-electron chi connectivity index (χ4n) is 1.47. The molecule has 0 aromatic heterocycles. The maximum absolute atomic E-state index is 11.4. The Morgan fingerprint density at radius 1 is 1.44 bits per heavy atom. The lowest BCUT2D eigenvalue weighted by molar-refractivity contribution is -0.133. The molecule has 7 heteroatoms. The first-order valence-corrected chi connectivity index (χ1v) is 6.97. The molecule has 2 fully saturated rings. The first-order chi connectivity index (χ1) is 7.42. The van der Waals surface area contributed by atoms with E-state index in [2.05, 4.69) is 0 Å². The monoisotopic (exact) mass is 297 g/mol. The third kappa shape index (κ3) is 2.53. The highest BCUT2D eigenvalue weighted by Gasteiger charge is 2.51. The van der Waals surface area contributed by atoms with E-state index >= 15 is 0 Å². The van der Waals surface area contributed by atoms with Crippen molar-refractivity contribution in [1.82, 2.24) is 4.90 Å². The number of imide groups is 1. The first kappa shape index (κ1) is 12.6. The Morgan fingerprint density at radius 2 is 1.94 bits per heavy atom. The van der Waals surface area contributed by atoms with Crippen molar-refractivity contribution in [3.8, 4) is 0 Å². The molecule has 0 N–H and O–H groups in total. The van der Waals surface area contributed by atoms with Gasteiger partial charge >= 0.3 is 0 Å². The molecule has 1 atom stereocenters. The summed E-state index contributed by atoms with van der Waals surface area (Å²) < 4.78 is -0.315. The zero-order valence-corrected chi connectivity index (χ0v) is 11.4. The highest BCUT2D eigenvalue weighted by molar-refractivity contribution is 8.23. The molecule has 2 rings (SSSR count). The predicted molar refractivity (Wildman–Crippen MR) is 68.7 cm³/mol. The first-order valence-electron chi connectivity index (χ1n) is 4.82. The Morgan fingerprint density at radius 3 is 2.38 bits per heavy atom. The summed E-state index contributed by atoms with van der Waals surface area (Å²) >= 11 is 18.1. The summed E-state index contributed by atoms with van der Waals surface area (Å²) in [6.07, 6.45) is 1.27. The summed E-state index contributed by atoms with van der Waals surface area (Å²) in [5.41, 5.74) is 0. The molecule has 88 valence electrons. The molecule has 16 heavy (non-hydrogen) atoms. The zero-order valence-electron chi connectivity index (χ0n) is 8.24. The number of nitrogens with zero attached hydrogens (tertiary/aromatic N) is 1. The van der Waals surface area contributed by atoms with Crippen molar-refractivity contribution in [1.29, 1.82) is 0 Å². The Labute approximate surface area is 113 Å². The molecule has 0 aromatic rings. The quantitative estimate of drug-likeness (QED) is 0.445. The molecule has 2 aliphatic rings. The highest BCUT2D eigenvalue weighted by Crippen LogP contribution is 2.54. The van der Waals surface area contributed by atoms with Gasteiger partial charge in [-0.1, -0.05) is 24.0 Å². The molecule has 1 heterocycles. The van der Waals surface area contributed by atoms with Crippen LogP contribution in [0, 0.1) is 5.92 Å². The van der Waals surface area contributed by atoms with Crippen LogP contribution in [0.3, 0.4) is 0 Å². The standard InChI is InChI=1S/C9H9Cl2NO2S2/c10-9(11)3-5(9)4-16-8(15)12-6(13)1-2-7(12)14/h5H,1-4H2/t5-/m1/s1. The zero-order chi connectivity index (χ0) is 11.9. The van der Waals surface area contributed by atoms with Crippen LogP contribution in [-0.4, -0.2) is 31.1 Å². The van der Waals surface area contributed by atoms with Crippen LogP contribution in [0.5, 0.6) is 0 Å². The lowest BCUT2D eigenvalue weighted by Crippen LogP contribution is -2.32. The van der Waals surface area contributed by atoms with Gasteiger partial charge in [0, 0.05) is 24.5 Å². The second kappa shape index (κ2) is 4.44. The van der Waals surface area contributed by atoms with Crippen LogP contribution in [0.4, 0.5) is 0 Å². The van der Waals surface area contributed by atoms with Gasteiger partial charge in [-0.3, -0.25) is 9.59 Å². The number of thiocarbonyl (C=S) groups is 1. The van der Waals surface area contributed by atoms with E-state index in [1.807, 2.05) is 0 Å². The van der Waals surface area contributed by atoms with Crippen molar-refractivity contribution in [2.45, 2.75) is 23.6 Å². The summed E-state index contributed by atoms with van der Waals surface area (Å²) in [5.74, 6) is 0.442. The van der Waals surface area contributed by atoms with Crippen molar-refractivity contribution in [2.75, 3.05) is 5.75 Å². The van der Waals surface area contributed by atoms with E-state index in [1.165, 1.54) is 11.8 Å². The van der Waals surface area contributed by atoms with Crippen molar-refractivity contribution < 1.29 is 9.59 Å². The normalized spacial score (nSPS) is 27.4. The van der Waals surface area contributed by atoms with Gasteiger partial charge in [0.2, 0.25) is 11.8 Å². The molecule has 0 aromatic carbocycles. The number of hydrogen-bond acceptors (Lipinski definition) is 4. The van der Waals surface area contributed by atoms with Gasteiger partial charge < -0.3 is 0 Å². The molecule has 2 amide bonds. The minimum atomic E-state index is -0.637. The fourth-order valence-corrected chi connectivity index (χ4v) is 3.66. The number of halogens is 2. The van der Waals surface area contributed by atoms with Gasteiger partial charge in [0.25, 0.3) is 0 Å². The van der Waals surface area contributed by atoms with Gasteiger partial charge in [-0.15, -0.1) is 23.2 Å². The number of rotatable bonds is 2. The highest BCUT2D eigenvalue weighted by atomic mass is 35.5. The summed E-state index contributed by atoms with van der Waals surface area (Å²) in [4.78, 5) is 23.8. The summed E-state index contributed by atoms with van der Waals surface area (Å²) in [7, 11) is 0. The van der Waals surface area contributed by atoms with Gasteiger partial charge in [-0.05, 0) is 6.42 Å². The number of alkyl halides is 2.